The summed E-state index contributed by atoms with van der Waals surface area (Å²) < 4.78 is 33.7. The van der Waals surface area contributed by atoms with Crippen molar-refractivity contribution in [3.8, 4) is 11.8 Å². The van der Waals surface area contributed by atoms with Crippen molar-refractivity contribution in [1.29, 1.82) is 5.26 Å². The lowest BCUT2D eigenvalue weighted by Gasteiger charge is -2.24. The molecule has 5 nitrogen and oxygen atoms in total. The maximum atomic E-state index is 14.3. The number of carbonyl (C=O) groups is 1. The molecule has 0 bridgehead atoms. The SMILES string of the molecule is COc1cccc(C(=O)N2CCCN(c3c(F)cc(C#N)cc3F)CC2)c1. The number of ether oxygens (including phenoxy) is 1. The number of hydrogen-bond donors (Lipinski definition) is 0. The van der Waals surface area contributed by atoms with Crippen LogP contribution in [0.2, 0.25) is 0 Å². The molecule has 27 heavy (non-hydrogen) atoms. The highest BCUT2D eigenvalue weighted by molar-refractivity contribution is 5.94. The van der Waals surface area contributed by atoms with Gasteiger partial charge in [0.05, 0.1) is 18.7 Å². The molecule has 0 aliphatic carbocycles. The zero-order chi connectivity index (χ0) is 19.4. The van der Waals surface area contributed by atoms with Gasteiger partial charge < -0.3 is 14.5 Å². The average Bonchev–Trinajstić information content (AvgIpc) is 2.93. The van der Waals surface area contributed by atoms with Gasteiger partial charge in [-0.25, -0.2) is 8.78 Å². The lowest BCUT2D eigenvalue weighted by Crippen LogP contribution is -2.35. The number of benzene rings is 2. The Labute approximate surface area is 156 Å². The van der Waals surface area contributed by atoms with E-state index < -0.39 is 11.6 Å². The fourth-order valence-electron chi connectivity index (χ4n) is 3.21. The molecular formula is C20H19F2N3O2. The predicted molar refractivity (Wildman–Crippen MR) is 96.8 cm³/mol. The fraction of sp³-hybridized carbons (Fsp3) is 0.300. The Kier molecular flexibility index (Phi) is 5.55. The summed E-state index contributed by atoms with van der Waals surface area (Å²) in [6.45, 7) is 1.55. The Morgan fingerprint density at radius 1 is 1.11 bits per heavy atom. The minimum atomic E-state index is -0.765. The summed E-state index contributed by atoms with van der Waals surface area (Å²) in [5.74, 6) is -1.08. The largest absolute Gasteiger partial charge is 0.497 e. The highest BCUT2D eigenvalue weighted by Gasteiger charge is 2.24. The predicted octanol–water partition coefficient (Wildman–Crippen LogP) is 3.20. The van der Waals surface area contributed by atoms with E-state index in [1.54, 1.807) is 40.1 Å². The summed E-state index contributed by atoms with van der Waals surface area (Å²) in [5.41, 5.74) is 0.307. The van der Waals surface area contributed by atoms with Gasteiger partial charge in [0, 0.05) is 31.7 Å². The van der Waals surface area contributed by atoms with Gasteiger partial charge in [-0.3, -0.25) is 4.79 Å². The molecule has 0 spiro atoms. The van der Waals surface area contributed by atoms with E-state index in [9.17, 15) is 13.6 Å². The molecule has 0 saturated carbocycles. The van der Waals surface area contributed by atoms with Gasteiger partial charge in [-0.2, -0.15) is 5.26 Å². The summed E-state index contributed by atoms with van der Waals surface area (Å²) in [4.78, 5) is 16.0. The molecule has 3 rings (SSSR count). The summed E-state index contributed by atoms with van der Waals surface area (Å²) >= 11 is 0. The van der Waals surface area contributed by atoms with Crippen molar-refractivity contribution in [2.75, 3.05) is 38.2 Å². The molecule has 0 unspecified atom stereocenters. The first-order valence-electron chi connectivity index (χ1n) is 8.61. The number of methoxy groups -OCH3 is 1. The Morgan fingerprint density at radius 2 is 1.85 bits per heavy atom. The lowest BCUT2D eigenvalue weighted by atomic mass is 10.2. The number of hydrogen-bond acceptors (Lipinski definition) is 4. The zero-order valence-electron chi connectivity index (χ0n) is 14.9. The van der Waals surface area contributed by atoms with Crippen molar-refractivity contribution in [2.24, 2.45) is 0 Å². The molecule has 1 amide bonds. The maximum Gasteiger partial charge on any atom is 0.254 e. The summed E-state index contributed by atoms with van der Waals surface area (Å²) in [5, 5.41) is 8.82. The van der Waals surface area contributed by atoms with Crippen LogP contribution >= 0.6 is 0 Å². The van der Waals surface area contributed by atoms with Crippen LogP contribution < -0.4 is 9.64 Å². The van der Waals surface area contributed by atoms with Crippen LogP contribution in [0.5, 0.6) is 5.75 Å². The van der Waals surface area contributed by atoms with Crippen LogP contribution in [0.15, 0.2) is 36.4 Å². The maximum absolute atomic E-state index is 14.3. The van der Waals surface area contributed by atoms with Gasteiger partial charge in [0.1, 0.15) is 11.4 Å². The highest BCUT2D eigenvalue weighted by atomic mass is 19.1. The number of carbonyl (C=O) groups excluding carboxylic acids is 1. The first-order valence-corrected chi connectivity index (χ1v) is 8.61. The topological polar surface area (TPSA) is 56.6 Å². The standard InChI is InChI=1S/C20H19F2N3O2/c1-27-16-5-2-4-15(12-16)20(26)25-7-3-6-24(8-9-25)19-17(21)10-14(13-23)11-18(19)22/h2,4-5,10-12H,3,6-9H2,1H3. The smallest absolute Gasteiger partial charge is 0.254 e. The van der Waals surface area contributed by atoms with Gasteiger partial charge in [0.15, 0.2) is 11.6 Å². The van der Waals surface area contributed by atoms with E-state index in [0.717, 1.165) is 12.1 Å². The third kappa shape index (κ3) is 4.00. The van der Waals surface area contributed by atoms with Crippen molar-refractivity contribution >= 4 is 11.6 Å². The van der Waals surface area contributed by atoms with Crippen LogP contribution in [0.3, 0.4) is 0 Å². The van der Waals surface area contributed by atoms with Crippen LogP contribution in [0.4, 0.5) is 14.5 Å². The molecule has 2 aromatic carbocycles. The van der Waals surface area contributed by atoms with Gasteiger partial charge in [0.2, 0.25) is 0 Å². The summed E-state index contributed by atoms with van der Waals surface area (Å²) in [6, 6.07) is 10.7. The Bertz CT molecular complexity index is 872. The molecule has 1 aliphatic heterocycles. The molecule has 2 aromatic rings. The molecular weight excluding hydrogens is 352 g/mol. The van der Waals surface area contributed by atoms with E-state index in [4.69, 9.17) is 10.00 Å². The monoisotopic (exact) mass is 371 g/mol. The number of rotatable bonds is 3. The van der Waals surface area contributed by atoms with Gasteiger partial charge in [-0.15, -0.1) is 0 Å². The molecule has 0 radical (unpaired) electrons. The average molecular weight is 371 g/mol. The number of amides is 1. The number of nitriles is 1. The summed E-state index contributed by atoms with van der Waals surface area (Å²) in [7, 11) is 1.54. The van der Waals surface area contributed by atoms with Crippen molar-refractivity contribution in [2.45, 2.75) is 6.42 Å². The Hall–Kier alpha value is -3.14. The van der Waals surface area contributed by atoms with E-state index >= 15 is 0 Å². The van der Waals surface area contributed by atoms with E-state index in [0.29, 0.717) is 43.9 Å². The quantitative estimate of drug-likeness (QED) is 0.832. The third-order valence-electron chi connectivity index (χ3n) is 4.56. The van der Waals surface area contributed by atoms with Crippen molar-refractivity contribution < 1.29 is 18.3 Å². The van der Waals surface area contributed by atoms with Gasteiger partial charge in [-0.1, -0.05) is 6.07 Å². The third-order valence-corrected chi connectivity index (χ3v) is 4.56. The highest BCUT2D eigenvalue weighted by Crippen LogP contribution is 2.26. The molecule has 0 atom stereocenters. The molecule has 7 heteroatoms. The van der Waals surface area contributed by atoms with Crippen molar-refractivity contribution in [3.05, 3.63) is 59.2 Å². The normalized spacial score (nSPS) is 14.4. The molecule has 1 heterocycles. The summed E-state index contributed by atoms with van der Waals surface area (Å²) in [6.07, 6.45) is 0.578. The molecule has 0 aromatic heterocycles. The zero-order valence-corrected chi connectivity index (χ0v) is 14.9. The molecule has 1 saturated heterocycles. The van der Waals surface area contributed by atoms with Crippen LogP contribution in [0, 0.1) is 23.0 Å². The number of halogens is 2. The minimum absolute atomic E-state index is 0.0570. The molecule has 1 fully saturated rings. The molecule has 1 aliphatic rings. The van der Waals surface area contributed by atoms with E-state index in [-0.39, 0.29) is 17.2 Å². The second kappa shape index (κ2) is 8.04. The van der Waals surface area contributed by atoms with Crippen LogP contribution in [0.25, 0.3) is 0 Å². The first-order chi connectivity index (χ1) is 13.0. The first kappa shape index (κ1) is 18.6. The van der Waals surface area contributed by atoms with Crippen LogP contribution in [-0.2, 0) is 0 Å². The minimum Gasteiger partial charge on any atom is -0.497 e. The van der Waals surface area contributed by atoms with Crippen LogP contribution in [0.1, 0.15) is 22.3 Å². The van der Waals surface area contributed by atoms with Crippen molar-refractivity contribution in [3.63, 3.8) is 0 Å². The van der Waals surface area contributed by atoms with E-state index in [1.807, 2.05) is 0 Å². The Morgan fingerprint density at radius 3 is 2.52 bits per heavy atom. The van der Waals surface area contributed by atoms with Gasteiger partial charge >= 0.3 is 0 Å². The Balaban J connectivity index is 1.76. The number of anilines is 1. The second-order valence-electron chi connectivity index (χ2n) is 6.27. The lowest BCUT2D eigenvalue weighted by molar-refractivity contribution is 0.0766. The van der Waals surface area contributed by atoms with Crippen LogP contribution in [-0.4, -0.2) is 44.1 Å². The molecule has 140 valence electrons. The number of nitrogens with zero attached hydrogens (tertiary/aromatic N) is 3. The molecule has 0 N–H and O–H groups in total. The fourth-order valence-corrected chi connectivity index (χ4v) is 3.21. The van der Waals surface area contributed by atoms with E-state index in [2.05, 4.69) is 0 Å². The van der Waals surface area contributed by atoms with E-state index in [1.165, 1.54) is 7.11 Å². The van der Waals surface area contributed by atoms with Crippen molar-refractivity contribution in [1.82, 2.24) is 4.90 Å². The van der Waals surface area contributed by atoms with Gasteiger partial charge in [-0.05, 0) is 36.8 Å². The van der Waals surface area contributed by atoms with Gasteiger partial charge in [0.25, 0.3) is 5.91 Å². The second-order valence-corrected chi connectivity index (χ2v) is 6.27.